The monoisotopic (exact) mass is 294 g/mol. The Morgan fingerprint density at radius 2 is 2.10 bits per heavy atom. The Hall–Kier alpha value is -1.00. The van der Waals surface area contributed by atoms with E-state index in [9.17, 15) is 4.79 Å². The van der Waals surface area contributed by atoms with Crippen molar-refractivity contribution in [3.63, 3.8) is 0 Å². The zero-order valence-corrected chi connectivity index (χ0v) is 13.9. The highest BCUT2D eigenvalue weighted by Gasteiger charge is 2.26. The molecular formula is C16H26N2OS. The Kier molecular flexibility index (Phi) is 6.08. The summed E-state index contributed by atoms with van der Waals surface area (Å²) in [4.78, 5) is 13.6. The normalized spacial score (nSPS) is 14.2. The van der Waals surface area contributed by atoms with E-state index in [-0.39, 0.29) is 11.4 Å². The molecule has 0 heterocycles. The molecule has 1 atom stereocenters. The second-order valence-corrected chi connectivity index (χ2v) is 6.88. The highest BCUT2D eigenvalue weighted by molar-refractivity contribution is 7.98. The quantitative estimate of drug-likeness (QED) is 0.792. The van der Waals surface area contributed by atoms with Crippen LogP contribution in [0.5, 0.6) is 0 Å². The van der Waals surface area contributed by atoms with E-state index < -0.39 is 0 Å². The smallest absolute Gasteiger partial charge is 0.252 e. The fourth-order valence-corrected chi connectivity index (χ4v) is 2.84. The number of nitrogens with one attached hydrogen (secondary N) is 1. The van der Waals surface area contributed by atoms with E-state index in [1.807, 2.05) is 38.3 Å². The fourth-order valence-electron chi connectivity index (χ4n) is 2.40. The number of carbonyl (C=O) groups is 1. The van der Waals surface area contributed by atoms with Gasteiger partial charge in [0.05, 0.1) is 0 Å². The number of hydrogen-bond donors (Lipinski definition) is 2. The van der Waals surface area contributed by atoms with E-state index in [1.165, 1.54) is 0 Å². The summed E-state index contributed by atoms with van der Waals surface area (Å²) in [6, 6.07) is 5.97. The molecule has 0 aromatic heterocycles. The van der Waals surface area contributed by atoms with E-state index in [0.717, 1.165) is 22.4 Å². The molecule has 1 aromatic rings. The number of carbonyl (C=O) groups excluding carboxylic acids is 1. The average Bonchev–Trinajstić information content (AvgIpc) is 2.38. The third-order valence-corrected chi connectivity index (χ3v) is 4.14. The second kappa shape index (κ2) is 7.14. The van der Waals surface area contributed by atoms with Crippen LogP contribution >= 0.6 is 11.8 Å². The average molecular weight is 294 g/mol. The van der Waals surface area contributed by atoms with Crippen molar-refractivity contribution in [2.75, 3.05) is 12.8 Å². The molecule has 3 N–H and O–H groups in total. The van der Waals surface area contributed by atoms with Crippen molar-refractivity contribution >= 4 is 17.7 Å². The summed E-state index contributed by atoms with van der Waals surface area (Å²) in [6.45, 7) is 8.69. The van der Waals surface area contributed by atoms with Gasteiger partial charge in [-0.05, 0) is 50.1 Å². The molecule has 112 valence electrons. The maximum absolute atomic E-state index is 12.5. The molecule has 0 saturated carbocycles. The minimum absolute atomic E-state index is 0.0352. The van der Waals surface area contributed by atoms with Crippen molar-refractivity contribution in [2.24, 2.45) is 11.7 Å². The van der Waals surface area contributed by atoms with Crippen molar-refractivity contribution in [2.45, 2.75) is 44.6 Å². The number of hydrogen-bond acceptors (Lipinski definition) is 3. The van der Waals surface area contributed by atoms with Crippen molar-refractivity contribution in [3.8, 4) is 0 Å². The van der Waals surface area contributed by atoms with Gasteiger partial charge < -0.3 is 11.1 Å². The van der Waals surface area contributed by atoms with Gasteiger partial charge in [0.25, 0.3) is 5.91 Å². The lowest BCUT2D eigenvalue weighted by molar-refractivity contribution is 0.0897. The Morgan fingerprint density at radius 1 is 1.45 bits per heavy atom. The number of rotatable bonds is 6. The van der Waals surface area contributed by atoms with Gasteiger partial charge in [-0.25, -0.2) is 0 Å². The number of nitrogens with two attached hydrogens (primary N) is 1. The lowest BCUT2D eigenvalue weighted by Crippen LogP contribution is -2.52. The van der Waals surface area contributed by atoms with E-state index in [0.29, 0.717) is 12.5 Å². The summed E-state index contributed by atoms with van der Waals surface area (Å²) < 4.78 is 0. The van der Waals surface area contributed by atoms with Crippen LogP contribution in [-0.4, -0.2) is 24.2 Å². The predicted molar refractivity (Wildman–Crippen MR) is 87.3 cm³/mol. The zero-order chi connectivity index (χ0) is 15.3. The van der Waals surface area contributed by atoms with Gasteiger partial charge in [-0.15, -0.1) is 11.8 Å². The fraction of sp³-hybridized carbons (Fsp3) is 0.562. The molecule has 0 saturated heterocycles. The van der Waals surface area contributed by atoms with Crippen LogP contribution in [0.3, 0.4) is 0 Å². The Balaban J connectivity index is 2.94. The van der Waals surface area contributed by atoms with Crippen LogP contribution in [0.25, 0.3) is 0 Å². The highest BCUT2D eigenvalue weighted by atomic mass is 32.2. The van der Waals surface area contributed by atoms with Crippen LogP contribution in [0.1, 0.15) is 43.1 Å². The standard InChI is InChI=1S/C16H26N2OS/c1-11(2)9-16(4,10-17)18-15(19)14-8-13(20-5)7-6-12(14)3/h6-8,11H,9-10,17H2,1-5H3,(H,18,19). The zero-order valence-electron chi connectivity index (χ0n) is 13.1. The molecule has 1 rings (SSSR count). The first-order valence-corrected chi connectivity index (χ1v) is 8.21. The van der Waals surface area contributed by atoms with Crippen molar-refractivity contribution in [3.05, 3.63) is 29.3 Å². The van der Waals surface area contributed by atoms with E-state index >= 15 is 0 Å². The molecule has 0 fully saturated rings. The van der Waals surface area contributed by atoms with Crippen LogP contribution in [0.15, 0.2) is 23.1 Å². The lowest BCUT2D eigenvalue weighted by Gasteiger charge is -2.31. The predicted octanol–water partition coefficient (Wildman–Crippen LogP) is 3.21. The molecule has 20 heavy (non-hydrogen) atoms. The van der Waals surface area contributed by atoms with E-state index in [4.69, 9.17) is 5.73 Å². The van der Waals surface area contributed by atoms with Crippen LogP contribution in [0.2, 0.25) is 0 Å². The Labute approximate surface area is 126 Å². The molecule has 0 aliphatic heterocycles. The van der Waals surface area contributed by atoms with Crippen LogP contribution in [0, 0.1) is 12.8 Å². The van der Waals surface area contributed by atoms with E-state index in [2.05, 4.69) is 19.2 Å². The number of amides is 1. The summed E-state index contributed by atoms with van der Waals surface area (Å²) in [6.07, 6.45) is 2.88. The molecule has 1 aromatic carbocycles. The summed E-state index contributed by atoms with van der Waals surface area (Å²) in [5.41, 5.74) is 7.23. The molecular weight excluding hydrogens is 268 g/mol. The third kappa shape index (κ3) is 4.53. The molecule has 0 spiro atoms. The first-order valence-electron chi connectivity index (χ1n) is 6.98. The van der Waals surface area contributed by atoms with E-state index in [1.54, 1.807) is 11.8 Å². The first kappa shape index (κ1) is 17.1. The van der Waals surface area contributed by atoms with Gasteiger partial charge in [-0.2, -0.15) is 0 Å². The van der Waals surface area contributed by atoms with Gasteiger partial charge >= 0.3 is 0 Å². The first-order chi connectivity index (χ1) is 9.31. The highest BCUT2D eigenvalue weighted by Crippen LogP contribution is 2.21. The Bertz CT molecular complexity index is 474. The number of aryl methyl sites for hydroxylation is 1. The minimum Gasteiger partial charge on any atom is -0.346 e. The minimum atomic E-state index is -0.354. The maximum Gasteiger partial charge on any atom is 0.252 e. The van der Waals surface area contributed by atoms with Crippen molar-refractivity contribution < 1.29 is 4.79 Å². The van der Waals surface area contributed by atoms with Gasteiger partial charge in [-0.3, -0.25) is 4.79 Å². The van der Waals surface area contributed by atoms with Gasteiger partial charge in [0.2, 0.25) is 0 Å². The number of benzene rings is 1. The molecule has 1 unspecified atom stereocenters. The van der Waals surface area contributed by atoms with Crippen LogP contribution in [-0.2, 0) is 0 Å². The van der Waals surface area contributed by atoms with Crippen LogP contribution in [0.4, 0.5) is 0 Å². The Morgan fingerprint density at radius 3 is 2.60 bits per heavy atom. The molecule has 0 aliphatic rings. The lowest BCUT2D eigenvalue weighted by atomic mass is 9.90. The number of thioether (sulfide) groups is 1. The summed E-state index contributed by atoms with van der Waals surface area (Å²) in [7, 11) is 0. The van der Waals surface area contributed by atoms with Crippen molar-refractivity contribution in [1.82, 2.24) is 5.32 Å². The van der Waals surface area contributed by atoms with Gasteiger partial charge in [0.1, 0.15) is 0 Å². The summed E-state index contributed by atoms with van der Waals surface area (Å²) >= 11 is 1.64. The molecule has 0 bridgehead atoms. The molecule has 0 aliphatic carbocycles. The van der Waals surface area contributed by atoms with Gasteiger partial charge in [-0.1, -0.05) is 19.9 Å². The summed E-state index contributed by atoms with van der Waals surface area (Å²) in [5.74, 6) is 0.453. The van der Waals surface area contributed by atoms with Gasteiger partial charge in [0.15, 0.2) is 0 Å². The third-order valence-electron chi connectivity index (χ3n) is 3.41. The van der Waals surface area contributed by atoms with Gasteiger partial charge in [0, 0.05) is 22.5 Å². The second-order valence-electron chi connectivity index (χ2n) is 6.00. The largest absolute Gasteiger partial charge is 0.346 e. The maximum atomic E-state index is 12.5. The van der Waals surface area contributed by atoms with Crippen LogP contribution < -0.4 is 11.1 Å². The topological polar surface area (TPSA) is 55.1 Å². The van der Waals surface area contributed by atoms with Crippen molar-refractivity contribution in [1.29, 1.82) is 0 Å². The molecule has 1 amide bonds. The molecule has 3 nitrogen and oxygen atoms in total. The molecule has 4 heteroatoms. The summed E-state index contributed by atoms with van der Waals surface area (Å²) in [5, 5.41) is 3.11. The SMILES string of the molecule is CSc1ccc(C)c(C(=O)NC(C)(CN)CC(C)C)c1. The molecule has 0 radical (unpaired) electrons.